The summed E-state index contributed by atoms with van der Waals surface area (Å²) in [6.07, 6.45) is 7.55. The third-order valence-corrected chi connectivity index (χ3v) is 6.28. The lowest BCUT2D eigenvalue weighted by Crippen LogP contribution is -2.39. The van der Waals surface area contributed by atoms with Crippen LogP contribution < -0.4 is 15.0 Å². The van der Waals surface area contributed by atoms with Gasteiger partial charge >= 0.3 is 0 Å². The van der Waals surface area contributed by atoms with Crippen molar-refractivity contribution >= 4 is 5.69 Å². The molecular formula is C21H30N2O2. The van der Waals surface area contributed by atoms with Gasteiger partial charge in [-0.1, -0.05) is 0 Å². The Hall–Kier alpha value is -1.26. The molecule has 0 radical (unpaired) electrons. The first kappa shape index (κ1) is 16.0. The Morgan fingerprint density at radius 1 is 1.12 bits per heavy atom. The molecule has 25 heavy (non-hydrogen) atoms. The lowest BCUT2D eigenvalue weighted by Gasteiger charge is -2.38. The molecule has 4 nitrogen and oxygen atoms in total. The summed E-state index contributed by atoms with van der Waals surface area (Å²) in [6.45, 7) is 7.07. The van der Waals surface area contributed by atoms with E-state index in [-0.39, 0.29) is 0 Å². The largest absolute Gasteiger partial charge is 0.490 e. The van der Waals surface area contributed by atoms with Crippen LogP contribution in [0.25, 0.3) is 0 Å². The normalized spacial score (nSPS) is 26.4. The van der Waals surface area contributed by atoms with Gasteiger partial charge in [-0.2, -0.15) is 0 Å². The molecule has 0 aromatic heterocycles. The van der Waals surface area contributed by atoms with E-state index in [9.17, 15) is 0 Å². The Balaban J connectivity index is 1.53. The summed E-state index contributed by atoms with van der Waals surface area (Å²) in [6, 6.07) is 2.37. The second-order valence-electron chi connectivity index (χ2n) is 8.18. The topological polar surface area (TPSA) is 33.7 Å². The molecule has 1 aromatic rings. The fraction of sp³-hybridized carbons (Fsp3) is 0.714. The van der Waals surface area contributed by atoms with Crippen LogP contribution in [0.4, 0.5) is 5.69 Å². The number of nitrogens with zero attached hydrogens (tertiary/aromatic N) is 1. The van der Waals surface area contributed by atoms with Crippen LogP contribution in [0.2, 0.25) is 0 Å². The smallest absolute Gasteiger partial charge is 0.143 e. The second-order valence-corrected chi connectivity index (χ2v) is 8.18. The van der Waals surface area contributed by atoms with Crippen molar-refractivity contribution in [3.63, 3.8) is 0 Å². The van der Waals surface area contributed by atoms with Crippen LogP contribution in [0.3, 0.4) is 0 Å². The lowest BCUT2D eigenvalue weighted by atomic mass is 9.90. The van der Waals surface area contributed by atoms with E-state index in [4.69, 9.17) is 9.47 Å². The number of fused-ring (bicyclic) bond motifs is 2. The average molecular weight is 342 g/mol. The molecule has 1 atom stereocenters. The predicted molar refractivity (Wildman–Crippen MR) is 99.9 cm³/mol. The van der Waals surface area contributed by atoms with Crippen molar-refractivity contribution in [3.8, 4) is 5.75 Å². The van der Waals surface area contributed by atoms with Gasteiger partial charge in [0.05, 0.1) is 18.8 Å². The van der Waals surface area contributed by atoms with Gasteiger partial charge in [-0.05, 0) is 86.2 Å². The van der Waals surface area contributed by atoms with E-state index in [2.05, 4.69) is 16.3 Å². The van der Waals surface area contributed by atoms with Gasteiger partial charge in [0.15, 0.2) is 0 Å². The zero-order valence-electron chi connectivity index (χ0n) is 15.2. The summed E-state index contributed by atoms with van der Waals surface area (Å²) in [7, 11) is 0. The van der Waals surface area contributed by atoms with E-state index in [0.717, 1.165) is 64.1 Å². The maximum atomic E-state index is 6.18. The minimum absolute atomic E-state index is 0.673. The molecule has 3 heterocycles. The minimum Gasteiger partial charge on any atom is -0.490 e. The highest BCUT2D eigenvalue weighted by molar-refractivity contribution is 5.71. The first-order chi connectivity index (χ1) is 12.4. The third-order valence-electron chi connectivity index (χ3n) is 6.28. The Labute approximate surface area is 150 Å². The molecule has 2 fully saturated rings. The molecule has 1 saturated carbocycles. The zero-order chi connectivity index (χ0) is 16.6. The van der Waals surface area contributed by atoms with Gasteiger partial charge in [0.1, 0.15) is 12.4 Å². The third kappa shape index (κ3) is 3.15. The van der Waals surface area contributed by atoms with Crippen LogP contribution in [0.15, 0.2) is 6.07 Å². The van der Waals surface area contributed by atoms with Gasteiger partial charge in [-0.3, -0.25) is 0 Å². The van der Waals surface area contributed by atoms with E-state index < -0.39 is 0 Å². The average Bonchev–Trinajstić information content (AvgIpc) is 3.48. The molecule has 136 valence electrons. The van der Waals surface area contributed by atoms with E-state index in [1.54, 1.807) is 11.1 Å². The first-order valence-corrected chi connectivity index (χ1v) is 10.2. The molecule has 4 aliphatic rings. The van der Waals surface area contributed by atoms with E-state index in [1.807, 2.05) is 0 Å². The minimum atomic E-state index is 0.673. The summed E-state index contributed by atoms with van der Waals surface area (Å²) in [5, 5.41) is 3.58. The first-order valence-electron chi connectivity index (χ1n) is 10.2. The Kier molecular flexibility index (Phi) is 4.34. The highest BCUT2D eigenvalue weighted by Crippen LogP contribution is 2.51. The second kappa shape index (κ2) is 6.81. The number of nitrogens with one attached hydrogen (secondary N) is 1. The number of anilines is 1. The van der Waals surface area contributed by atoms with Crippen molar-refractivity contribution < 1.29 is 9.47 Å². The fourth-order valence-corrected chi connectivity index (χ4v) is 4.91. The van der Waals surface area contributed by atoms with Crippen LogP contribution in [-0.2, 0) is 17.6 Å². The van der Waals surface area contributed by atoms with Crippen LogP contribution in [-0.4, -0.2) is 46.0 Å². The molecule has 4 heteroatoms. The number of hydrogen-bond acceptors (Lipinski definition) is 4. The lowest BCUT2D eigenvalue weighted by molar-refractivity contribution is 0.0567. The standard InChI is InChI=1S/C21H30N2O2/c1-2-15(14-24-10-1)13-23-9-11-25-19-12-17-5-7-22-8-6-18(17)20(21(19)23)16-3-4-16/h12,15-16,22H,1-11,13-14H2/t15-/m0/s1. The van der Waals surface area contributed by atoms with Crippen LogP contribution in [0.5, 0.6) is 5.75 Å². The number of rotatable bonds is 3. The summed E-state index contributed by atoms with van der Waals surface area (Å²) < 4.78 is 11.9. The molecule has 0 spiro atoms. The molecule has 0 amide bonds. The molecular weight excluding hydrogens is 312 g/mol. The molecule has 0 bridgehead atoms. The highest BCUT2D eigenvalue weighted by Gasteiger charge is 2.36. The monoisotopic (exact) mass is 342 g/mol. The Morgan fingerprint density at radius 2 is 2.04 bits per heavy atom. The summed E-state index contributed by atoms with van der Waals surface area (Å²) in [5.41, 5.74) is 6.27. The SMILES string of the molecule is c1c2c(c(C3CC3)c3c1OCCN3C[C@@H]1CCCOC1)CCNCC2. The number of hydrogen-bond donors (Lipinski definition) is 1. The van der Waals surface area contributed by atoms with Gasteiger partial charge in [0.25, 0.3) is 0 Å². The summed E-state index contributed by atoms with van der Waals surface area (Å²) in [5.74, 6) is 2.60. The molecule has 1 saturated heterocycles. The predicted octanol–water partition coefficient (Wildman–Crippen LogP) is 2.88. The molecule has 1 N–H and O–H groups in total. The fourth-order valence-electron chi connectivity index (χ4n) is 4.91. The maximum Gasteiger partial charge on any atom is 0.143 e. The zero-order valence-corrected chi connectivity index (χ0v) is 15.2. The van der Waals surface area contributed by atoms with Gasteiger partial charge in [0.2, 0.25) is 0 Å². The van der Waals surface area contributed by atoms with Crippen molar-refractivity contribution in [2.24, 2.45) is 5.92 Å². The van der Waals surface area contributed by atoms with Crippen molar-refractivity contribution in [2.75, 3.05) is 50.9 Å². The summed E-state index contributed by atoms with van der Waals surface area (Å²) in [4.78, 5) is 2.64. The molecule has 1 aliphatic carbocycles. The van der Waals surface area contributed by atoms with E-state index in [0.29, 0.717) is 5.92 Å². The van der Waals surface area contributed by atoms with Crippen LogP contribution in [0, 0.1) is 5.92 Å². The molecule has 1 aromatic carbocycles. The quantitative estimate of drug-likeness (QED) is 0.916. The van der Waals surface area contributed by atoms with Crippen molar-refractivity contribution in [3.05, 3.63) is 22.8 Å². The van der Waals surface area contributed by atoms with Crippen molar-refractivity contribution in [2.45, 2.75) is 44.4 Å². The van der Waals surface area contributed by atoms with Gasteiger partial charge < -0.3 is 19.7 Å². The molecule has 0 unspecified atom stereocenters. The molecule has 5 rings (SSSR count). The number of benzene rings is 1. The Morgan fingerprint density at radius 3 is 2.88 bits per heavy atom. The molecule has 3 aliphatic heterocycles. The van der Waals surface area contributed by atoms with Gasteiger partial charge in [0, 0.05) is 13.2 Å². The number of ether oxygens (including phenoxy) is 2. The maximum absolute atomic E-state index is 6.18. The Bertz CT molecular complexity index is 635. The van der Waals surface area contributed by atoms with Crippen molar-refractivity contribution in [1.82, 2.24) is 5.32 Å². The van der Waals surface area contributed by atoms with E-state index >= 15 is 0 Å². The van der Waals surface area contributed by atoms with Crippen LogP contribution in [0.1, 0.15) is 48.3 Å². The summed E-state index contributed by atoms with van der Waals surface area (Å²) >= 11 is 0. The van der Waals surface area contributed by atoms with Crippen molar-refractivity contribution in [1.29, 1.82) is 0 Å². The van der Waals surface area contributed by atoms with Gasteiger partial charge in [-0.25, -0.2) is 0 Å². The highest BCUT2D eigenvalue weighted by atomic mass is 16.5. The van der Waals surface area contributed by atoms with Gasteiger partial charge in [-0.15, -0.1) is 0 Å². The van der Waals surface area contributed by atoms with Crippen LogP contribution >= 0.6 is 0 Å². The van der Waals surface area contributed by atoms with E-state index in [1.165, 1.54) is 43.4 Å².